The van der Waals surface area contributed by atoms with Crippen LogP contribution in [0.25, 0.3) is 0 Å². The summed E-state index contributed by atoms with van der Waals surface area (Å²) in [5.41, 5.74) is 3.56. The van der Waals surface area contributed by atoms with Gasteiger partial charge in [0.05, 0.1) is 18.0 Å². The number of ether oxygens (including phenoxy) is 1. The zero-order valence-corrected chi connectivity index (χ0v) is 14.0. The Balaban J connectivity index is 2.35. The van der Waals surface area contributed by atoms with Gasteiger partial charge in [-0.3, -0.25) is 0 Å². The van der Waals surface area contributed by atoms with Crippen LogP contribution in [-0.4, -0.2) is 27.8 Å². The largest absolute Gasteiger partial charge is 0.461 e. The number of carbonyl (C=O) groups excluding carboxylic acids is 1. The highest BCUT2D eigenvalue weighted by atomic mass is 16.5. The average Bonchev–Trinajstić information content (AvgIpc) is 2.47. The number of pyridine rings is 1. The predicted octanol–water partition coefficient (Wildman–Crippen LogP) is 3.36. The maximum absolute atomic E-state index is 12.0. The lowest BCUT2D eigenvalue weighted by Gasteiger charge is -2.12. The van der Waals surface area contributed by atoms with Crippen molar-refractivity contribution in [2.75, 3.05) is 11.9 Å². The molecular weight excluding hydrogens is 292 g/mol. The normalized spacial score (nSPS) is 10.4. The SMILES string of the molecule is CCCc1cc(C)cc(Nc2cc(C)nnc2C(=O)OCC)n1. The zero-order valence-electron chi connectivity index (χ0n) is 14.0. The monoisotopic (exact) mass is 314 g/mol. The minimum atomic E-state index is -0.496. The van der Waals surface area contributed by atoms with Crippen molar-refractivity contribution in [2.45, 2.75) is 40.5 Å². The molecule has 0 aliphatic heterocycles. The fraction of sp³-hybridized carbons (Fsp3) is 0.412. The quantitative estimate of drug-likeness (QED) is 0.824. The minimum Gasteiger partial charge on any atom is -0.461 e. The first-order chi connectivity index (χ1) is 11.0. The van der Waals surface area contributed by atoms with E-state index < -0.39 is 5.97 Å². The van der Waals surface area contributed by atoms with Crippen molar-refractivity contribution < 1.29 is 9.53 Å². The van der Waals surface area contributed by atoms with Crippen LogP contribution in [0.1, 0.15) is 47.7 Å². The molecular formula is C17H22N4O2. The van der Waals surface area contributed by atoms with E-state index in [1.165, 1.54) is 0 Å². The summed E-state index contributed by atoms with van der Waals surface area (Å²) in [6.45, 7) is 8.00. The molecule has 0 spiro atoms. The van der Waals surface area contributed by atoms with Gasteiger partial charge in [0.2, 0.25) is 0 Å². The van der Waals surface area contributed by atoms with Gasteiger partial charge < -0.3 is 10.1 Å². The Morgan fingerprint density at radius 3 is 2.65 bits per heavy atom. The van der Waals surface area contributed by atoms with Gasteiger partial charge in [-0.2, -0.15) is 5.10 Å². The molecule has 0 bridgehead atoms. The molecule has 23 heavy (non-hydrogen) atoms. The van der Waals surface area contributed by atoms with Gasteiger partial charge in [-0.15, -0.1) is 5.10 Å². The van der Waals surface area contributed by atoms with E-state index in [-0.39, 0.29) is 12.3 Å². The lowest BCUT2D eigenvalue weighted by atomic mass is 10.2. The molecule has 0 saturated carbocycles. The first-order valence-corrected chi connectivity index (χ1v) is 7.79. The number of hydrogen-bond acceptors (Lipinski definition) is 6. The van der Waals surface area contributed by atoms with Crippen molar-refractivity contribution in [3.05, 3.63) is 40.8 Å². The molecule has 0 aromatic carbocycles. The van der Waals surface area contributed by atoms with Crippen molar-refractivity contribution in [2.24, 2.45) is 0 Å². The Morgan fingerprint density at radius 1 is 1.17 bits per heavy atom. The van der Waals surface area contributed by atoms with E-state index in [4.69, 9.17) is 4.74 Å². The second kappa shape index (κ2) is 7.67. The van der Waals surface area contributed by atoms with Crippen LogP contribution in [-0.2, 0) is 11.2 Å². The molecule has 0 amide bonds. The Labute approximate surface area is 136 Å². The Morgan fingerprint density at radius 2 is 1.96 bits per heavy atom. The van der Waals surface area contributed by atoms with Crippen LogP contribution in [0.5, 0.6) is 0 Å². The lowest BCUT2D eigenvalue weighted by Crippen LogP contribution is -2.12. The van der Waals surface area contributed by atoms with Gasteiger partial charge in [-0.25, -0.2) is 9.78 Å². The van der Waals surface area contributed by atoms with Crippen LogP contribution in [0.4, 0.5) is 11.5 Å². The van der Waals surface area contributed by atoms with Gasteiger partial charge in [0.1, 0.15) is 5.82 Å². The highest BCUT2D eigenvalue weighted by Gasteiger charge is 2.16. The van der Waals surface area contributed by atoms with Gasteiger partial charge in [0.15, 0.2) is 5.69 Å². The van der Waals surface area contributed by atoms with Crippen LogP contribution in [0.2, 0.25) is 0 Å². The lowest BCUT2D eigenvalue weighted by molar-refractivity contribution is 0.0519. The van der Waals surface area contributed by atoms with Gasteiger partial charge in [0.25, 0.3) is 0 Å². The number of anilines is 2. The number of nitrogens with zero attached hydrogens (tertiary/aromatic N) is 3. The molecule has 6 heteroatoms. The molecule has 0 saturated heterocycles. The molecule has 2 rings (SSSR count). The van der Waals surface area contributed by atoms with Gasteiger partial charge >= 0.3 is 5.97 Å². The summed E-state index contributed by atoms with van der Waals surface area (Å²) in [5, 5.41) is 11.1. The van der Waals surface area contributed by atoms with Gasteiger partial charge in [0, 0.05) is 5.69 Å². The van der Waals surface area contributed by atoms with E-state index in [9.17, 15) is 4.79 Å². The highest BCUT2D eigenvalue weighted by molar-refractivity contribution is 5.94. The van der Waals surface area contributed by atoms with E-state index >= 15 is 0 Å². The van der Waals surface area contributed by atoms with Crippen molar-refractivity contribution in [3.8, 4) is 0 Å². The van der Waals surface area contributed by atoms with E-state index in [0.29, 0.717) is 17.2 Å². The van der Waals surface area contributed by atoms with Gasteiger partial charge in [-0.1, -0.05) is 13.3 Å². The third kappa shape index (κ3) is 4.48. The van der Waals surface area contributed by atoms with Crippen molar-refractivity contribution in [3.63, 3.8) is 0 Å². The Kier molecular flexibility index (Phi) is 5.62. The van der Waals surface area contributed by atoms with Crippen LogP contribution in [0.15, 0.2) is 18.2 Å². The van der Waals surface area contributed by atoms with E-state index in [1.54, 1.807) is 13.0 Å². The summed E-state index contributed by atoms with van der Waals surface area (Å²) < 4.78 is 5.03. The summed E-state index contributed by atoms with van der Waals surface area (Å²) in [5.74, 6) is 0.190. The molecule has 2 aromatic heterocycles. The maximum Gasteiger partial charge on any atom is 0.361 e. The molecule has 0 aliphatic rings. The summed E-state index contributed by atoms with van der Waals surface area (Å²) in [6, 6.07) is 5.77. The fourth-order valence-corrected chi connectivity index (χ4v) is 2.26. The molecule has 0 unspecified atom stereocenters. The number of hydrogen-bond donors (Lipinski definition) is 1. The van der Waals surface area contributed by atoms with Crippen LogP contribution >= 0.6 is 0 Å². The topological polar surface area (TPSA) is 77.0 Å². The van der Waals surface area contributed by atoms with Gasteiger partial charge in [-0.05, 0) is 51.0 Å². The smallest absolute Gasteiger partial charge is 0.361 e. The summed E-state index contributed by atoms with van der Waals surface area (Å²) in [7, 11) is 0. The first kappa shape index (κ1) is 16.9. The molecule has 0 atom stereocenters. The van der Waals surface area contributed by atoms with Crippen LogP contribution in [0, 0.1) is 13.8 Å². The number of rotatable bonds is 6. The first-order valence-electron chi connectivity index (χ1n) is 7.79. The Hall–Kier alpha value is -2.50. The van der Waals surface area contributed by atoms with Crippen molar-refractivity contribution in [1.82, 2.24) is 15.2 Å². The van der Waals surface area contributed by atoms with E-state index in [1.807, 2.05) is 19.9 Å². The number of aromatic nitrogens is 3. The highest BCUT2D eigenvalue weighted by Crippen LogP contribution is 2.21. The average molecular weight is 314 g/mol. The van der Waals surface area contributed by atoms with E-state index in [0.717, 1.165) is 24.1 Å². The molecule has 6 nitrogen and oxygen atoms in total. The van der Waals surface area contributed by atoms with Crippen molar-refractivity contribution in [1.29, 1.82) is 0 Å². The standard InChI is InChI=1S/C17H22N4O2/c1-5-7-13-8-11(3)9-15(18-13)19-14-10-12(4)20-21-16(14)17(22)23-6-2/h8-10H,5-7H2,1-4H3,(H,18,19,20). The maximum atomic E-state index is 12.0. The second-order valence-electron chi connectivity index (χ2n) is 5.36. The minimum absolute atomic E-state index is 0.165. The molecule has 1 N–H and O–H groups in total. The third-order valence-corrected chi connectivity index (χ3v) is 3.18. The number of esters is 1. The molecule has 2 aromatic rings. The zero-order chi connectivity index (χ0) is 16.8. The number of carbonyl (C=O) groups is 1. The molecule has 0 fully saturated rings. The van der Waals surface area contributed by atoms with Crippen LogP contribution in [0.3, 0.4) is 0 Å². The van der Waals surface area contributed by atoms with E-state index in [2.05, 4.69) is 33.5 Å². The number of nitrogens with one attached hydrogen (secondary N) is 1. The molecule has 0 aliphatic carbocycles. The van der Waals surface area contributed by atoms with Crippen molar-refractivity contribution >= 4 is 17.5 Å². The summed E-state index contributed by atoms with van der Waals surface area (Å²) >= 11 is 0. The molecule has 2 heterocycles. The predicted molar refractivity (Wildman–Crippen MR) is 89.0 cm³/mol. The van der Waals surface area contributed by atoms with Crippen LogP contribution < -0.4 is 5.32 Å². The third-order valence-electron chi connectivity index (χ3n) is 3.18. The Bertz CT molecular complexity index is 701. The second-order valence-corrected chi connectivity index (χ2v) is 5.36. The molecule has 122 valence electrons. The molecule has 0 radical (unpaired) electrons. The number of aryl methyl sites for hydroxylation is 3. The summed E-state index contributed by atoms with van der Waals surface area (Å²) in [6.07, 6.45) is 1.94. The summed E-state index contributed by atoms with van der Waals surface area (Å²) in [4.78, 5) is 16.6. The fourth-order valence-electron chi connectivity index (χ4n) is 2.26.